The molecule has 24 heavy (non-hydrogen) atoms. The van der Waals surface area contributed by atoms with E-state index in [0.29, 0.717) is 12.6 Å². The Morgan fingerprint density at radius 1 is 1.29 bits per heavy atom. The van der Waals surface area contributed by atoms with Gasteiger partial charge in [0.25, 0.3) is 0 Å². The van der Waals surface area contributed by atoms with Crippen molar-refractivity contribution in [2.24, 2.45) is 0 Å². The van der Waals surface area contributed by atoms with Crippen molar-refractivity contribution in [2.75, 3.05) is 46.0 Å². The summed E-state index contributed by atoms with van der Waals surface area (Å²) in [5, 5.41) is 2.49. The van der Waals surface area contributed by atoms with E-state index in [2.05, 4.69) is 31.3 Å². The Balaban J connectivity index is 1.66. The summed E-state index contributed by atoms with van der Waals surface area (Å²) >= 11 is 0. The van der Waals surface area contributed by atoms with E-state index in [-0.39, 0.29) is 5.60 Å². The molecule has 1 aromatic carbocycles. The zero-order chi connectivity index (χ0) is 17.0. The number of morpholine rings is 1. The summed E-state index contributed by atoms with van der Waals surface area (Å²) in [5.41, 5.74) is 1.16. The van der Waals surface area contributed by atoms with Crippen molar-refractivity contribution < 1.29 is 24.4 Å². The lowest BCUT2D eigenvalue weighted by atomic mass is 9.89. The maximum Gasteiger partial charge on any atom is 0.129 e. The molecule has 0 aliphatic carbocycles. The lowest BCUT2D eigenvalue weighted by molar-refractivity contribution is -0.921. The van der Waals surface area contributed by atoms with Crippen LogP contribution in [0.5, 0.6) is 11.5 Å². The van der Waals surface area contributed by atoms with Crippen LogP contribution in [-0.4, -0.2) is 51.6 Å². The van der Waals surface area contributed by atoms with Crippen LogP contribution in [0.3, 0.4) is 0 Å². The second-order valence-corrected chi connectivity index (χ2v) is 7.44. The van der Waals surface area contributed by atoms with E-state index in [1.165, 1.54) is 12.1 Å². The van der Waals surface area contributed by atoms with Crippen molar-refractivity contribution in [1.29, 1.82) is 0 Å². The van der Waals surface area contributed by atoms with Crippen LogP contribution in [0, 0.1) is 0 Å². The van der Waals surface area contributed by atoms with Gasteiger partial charge in [-0.2, -0.15) is 0 Å². The maximum absolute atomic E-state index is 6.18. The second-order valence-electron chi connectivity index (χ2n) is 7.44. The molecule has 2 heterocycles. The highest BCUT2D eigenvalue weighted by Gasteiger charge is 2.36. The molecule has 1 fully saturated rings. The Kier molecular flexibility index (Phi) is 5.64. The fourth-order valence-electron chi connectivity index (χ4n) is 3.75. The second kappa shape index (κ2) is 7.72. The first-order chi connectivity index (χ1) is 11.6. The van der Waals surface area contributed by atoms with Crippen LogP contribution in [0.1, 0.15) is 38.8 Å². The van der Waals surface area contributed by atoms with Gasteiger partial charge in [0.15, 0.2) is 0 Å². The van der Waals surface area contributed by atoms with Crippen LogP contribution >= 0.6 is 0 Å². The van der Waals surface area contributed by atoms with Gasteiger partial charge < -0.3 is 24.4 Å². The minimum atomic E-state index is -0.118. The highest BCUT2D eigenvalue weighted by molar-refractivity contribution is 5.43. The molecule has 5 nitrogen and oxygen atoms in total. The topological polar surface area (TPSA) is 48.7 Å². The van der Waals surface area contributed by atoms with Gasteiger partial charge in [0.1, 0.15) is 49.3 Å². The highest BCUT2D eigenvalue weighted by Crippen LogP contribution is 2.39. The largest absolute Gasteiger partial charge is 0.494 e. The average molecular weight is 336 g/mol. The average Bonchev–Trinajstić information content (AvgIpc) is 2.56. The van der Waals surface area contributed by atoms with Crippen LogP contribution in [0.25, 0.3) is 0 Å². The van der Waals surface area contributed by atoms with Crippen molar-refractivity contribution in [3.05, 3.63) is 23.8 Å². The molecule has 2 aliphatic rings. The van der Waals surface area contributed by atoms with Gasteiger partial charge >= 0.3 is 0 Å². The van der Waals surface area contributed by atoms with E-state index in [0.717, 1.165) is 50.8 Å². The molecule has 1 atom stereocenters. The number of hydrogen-bond donors (Lipinski definition) is 2. The molecule has 5 heteroatoms. The smallest absolute Gasteiger partial charge is 0.129 e. The lowest BCUT2D eigenvalue weighted by Gasteiger charge is -2.36. The first kappa shape index (κ1) is 17.5. The van der Waals surface area contributed by atoms with Crippen LogP contribution in [0.4, 0.5) is 0 Å². The fraction of sp³-hybridized carbons (Fsp3) is 0.684. The number of hydrogen-bond acceptors (Lipinski definition) is 3. The van der Waals surface area contributed by atoms with Gasteiger partial charge in [-0.25, -0.2) is 0 Å². The molecule has 3 N–H and O–H groups in total. The Hall–Kier alpha value is -1.30. The van der Waals surface area contributed by atoms with Crippen LogP contribution in [0.2, 0.25) is 0 Å². The van der Waals surface area contributed by atoms with Gasteiger partial charge in [0, 0.05) is 6.42 Å². The molecule has 2 aliphatic heterocycles. The van der Waals surface area contributed by atoms with Gasteiger partial charge in [-0.1, -0.05) is 0 Å². The highest BCUT2D eigenvalue weighted by atomic mass is 16.5. The molecule has 0 bridgehead atoms. The molecule has 0 radical (unpaired) electrons. The normalized spacial score (nSPS) is 23.4. The van der Waals surface area contributed by atoms with Gasteiger partial charge in [-0.05, 0) is 39.0 Å². The van der Waals surface area contributed by atoms with Gasteiger partial charge in [0.2, 0.25) is 0 Å². The van der Waals surface area contributed by atoms with Crippen molar-refractivity contribution in [2.45, 2.75) is 38.8 Å². The number of quaternary nitrogens is 2. The van der Waals surface area contributed by atoms with Crippen molar-refractivity contribution in [3.63, 3.8) is 0 Å². The molecule has 0 spiro atoms. The number of benzene rings is 1. The van der Waals surface area contributed by atoms with E-state index < -0.39 is 0 Å². The summed E-state index contributed by atoms with van der Waals surface area (Å²) < 4.78 is 17.3. The molecular weight excluding hydrogens is 304 g/mol. The van der Waals surface area contributed by atoms with E-state index >= 15 is 0 Å². The molecule has 1 saturated heterocycles. The third kappa shape index (κ3) is 4.41. The zero-order valence-electron chi connectivity index (χ0n) is 15.3. The molecular formula is C19H32N2O3+2. The van der Waals surface area contributed by atoms with E-state index in [4.69, 9.17) is 14.2 Å². The minimum absolute atomic E-state index is 0.118. The molecule has 3 rings (SSSR count). The summed E-state index contributed by atoms with van der Waals surface area (Å²) in [6.45, 7) is 13.5. The summed E-state index contributed by atoms with van der Waals surface area (Å²) in [6.07, 6.45) is 1.02. The number of nitrogens with one attached hydrogen (secondary N) is 1. The Morgan fingerprint density at radius 2 is 2.08 bits per heavy atom. The quantitative estimate of drug-likeness (QED) is 0.778. The van der Waals surface area contributed by atoms with E-state index in [1.54, 1.807) is 4.90 Å². The summed E-state index contributed by atoms with van der Waals surface area (Å²) in [5.74, 6) is 1.95. The number of nitrogens with two attached hydrogens (primary N) is 1. The molecule has 1 unspecified atom stereocenters. The zero-order valence-corrected chi connectivity index (χ0v) is 15.3. The lowest BCUT2D eigenvalue weighted by Crippen LogP contribution is -3.16. The van der Waals surface area contributed by atoms with Crippen molar-refractivity contribution in [1.82, 2.24) is 0 Å². The molecule has 1 aromatic rings. The third-order valence-electron chi connectivity index (χ3n) is 4.94. The SMILES string of the molecule is CCOc1ccc2c(c1)C([NH2+]CC[NH+]1CCOCC1)CC(C)(C)O2. The molecule has 0 amide bonds. The molecule has 0 aromatic heterocycles. The number of fused-ring (bicyclic) bond motifs is 1. The van der Waals surface area contributed by atoms with Gasteiger partial charge in [-0.3, -0.25) is 0 Å². The Bertz CT molecular complexity index is 541. The van der Waals surface area contributed by atoms with Crippen molar-refractivity contribution >= 4 is 0 Å². The fourth-order valence-corrected chi connectivity index (χ4v) is 3.75. The predicted molar refractivity (Wildman–Crippen MR) is 92.9 cm³/mol. The summed E-state index contributed by atoms with van der Waals surface area (Å²) in [4.78, 5) is 1.66. The first-order valence-corrected chi connectivity index (χ1v) is 9.28. The Morgan fingerprint density at radius 3 is 2.83 bits per heavy atom. The Labute approximate surface area is 145 Å². The standard InChI is InChI=1S/C19H30N2O3/c1-4-23-15-5-6-18-16(13-15)17(14-19(2,3)24-18)20-7-8-21-9-11-22-12-10-21/h5-6,13,17,20H,4,7-12,14H2,1-3H3/p+2. The number of rotatable bonds is 6. The first-order valence-electron chi connectivity index (χ1n) is 9.28. The van der Waals surface area contributed by atoms with Crippen molar-refractivity contribution in [3.8, 4) is 11.5 Å². The third-order valence-corrected chi connectivity index (χ3v) is 4.94. The monoisotopic (exact) mass is 336 g/mol. The molecule has 134 valence electrons. The van der Waals surface area contributed by atoms with E-state index in [1.807, 2.05) is 13.0 Å². The van der Waals surface area contributed by atoms with Gasteiger partial charge in [-0.15, -0.1) is 0 Å². The summed E-state index contributed by atoms with van der Waals surface area (Å²) in [6, 6.07) is 6.68. The van der Waals surface area contributed by atoms with E-state index in [9.17, 15) is 0 Å². The number of ether oxygens (including phenoxy) is 3. The van der Waals surface area contributed by atoms with Crippen LogP contribution < -0.4 is 19.7 Å². The predicted octanol–water partition coefficient (Wildman–Crippen LogP) is 0.166. The van der Waals surface area contributed by atoms with Gasteiger partial charge in [0.05, 0.1) is 25.4 Å². The minimum Gasteiger partial charge on any atom is -0.494 e. The van der Waals surface area contributed by atoms with Crippen LogP contribution in [-0.2, 0) is 4.74 Å². The summed E-state index contributed by atoms with van der Waals surface area (Å²) in [7, 11) is 0. The molecule has 0 saturated carbocycles. The maximum atomic E-state index is 6.18. The van der Waals surface area contributed by atoms with Crippen LogP contribution in [0.15, 0.2) is 18.2 Å².